The first-order valence-electron chi connectivity index (χ1n) is 4.37. The molecule has 4 N–H and O–H groups in total. The van der Waals surface area contributed by atoms with Crippen molar-refractivity contribution >= 4 is 5.82 Å². The predicted octanol–water partition coefficient (Wildman–Crippen LogP) is 2.04. The van der Waals surface area contributed by atoms with Crippen molar-refractivity contribution in [1.82, 2.24) is 4.98 Å². The van der Waals surface area contributed by atoms with E-state index in [0.717, 1.165) is 6.07 Å². The summed E-state index contributed by atoms with van der Waals surface area (Å²) in [6, 6.07) is 0.788. The summed E-state index contributed by atoms with van der Waals surface area (Å²) >= 11 is 0. The van der Waals surface area contributed by atoms with Crippen molar-refractivity contribution in [2.24, 2.45) is 5.73 Å². The van der Waals surface area contributed by atoms with Gasteiger partial charge in [-0.3, -0.25) is 0 Å². The fraction of sp³-hybridized carbons (Fsp3) is 0.375. The predicted molar refractivity (Wildman–Crippen MR) is 48.2 cm³/mol. The molecular formula is C8H7F6N3O. The maximum atomic E-state index is 12.5. The number of pyridine rings is 1. The van der Waals surface area contributed by atoms with Crippen LogP contribution in [0.5, 0.6) is 5.75 Å². The van der Waals surface area contributed by atoms with E-state index in [1.165, 1.54) is 0 Å². The maximum absolute atomic E-state index is 12.5. The number of anilines is 1. The van der Waals surface area contributed by atoms with E-state index >= 15 is 0 Å². The molecule has 0 spiro atoms. The molecule has 0 radical (unpaired) electrons. The fourth-order valence-corrected chi connectivity index (χ4v) is 1.18. The second-order valence-electron chi connectivity index (χ2n) is 3.13. The van der Waals surface area contributed by atoms with Gasteiger partial charge in [0.1, 0.15) is 5.82 Å². The normalized spacial score (nSPS) is 12.6. The molecule has 10 heteroatoms. The Morgan fingerprint density at radius 3 is 2.11 bits per heavy atom. The summed E-state index contributed by atoms with van der Waals surface area (Å²) in [7, 11) is 0. The van der Waals surface area contributed by atoms with Crippen LogP contribution in [0, 0.1) is 0 Å². The van der Waals surface area contributed by atoms with Gasteiger partial charge in [0.2, 0.25) is 0 Å². The number of aromatic nitrogens is 1. The van der Waals surface area contributed by atoms with Gasteiger partial charge in [0.25, 0.3) is 0 Å². The highest BCUT2D eigenvalue weighted by Gasteiger charge is 2.42. The van der Waals surface area contributed by atoms with E-state index in [2.05, 4.69) is 9.72 Å². The number of alkyl halides is 6. The van der Waals surface area contributed by atoms with Crippen LogP contribution in [0.3, 0.4) is 0 Å². The molecule has 0 fully saturated rings. The molecule has 0 saturated carbocycles. The van der Waals surface area contributed by atoms with E-state index in [0.29, 0.717) is 0 Å². The third-order valence-electron chi connectivity index (χ3n) is 1.78. The van der Waals surface area contributed by atoms with Gasteiger partial charge in [-0.15, -0.1) is 13.2 Å². The summed E-state index contributed by atoms with van der Waals surface area (Å²) in [6.07, 6.45) is -10.4. The number of nitrogens with zero attached hydrogens (tertiary/aromatic N) is 1. The molecule has 0 aliphatic heterocycles. The topological polar surface area (TPSA) is 74.2 Å². The van der Waals surface area contributed by atoms with Crippen LogP contribution < -0.4 is 16.2 Å². The Bertz CT molecular complexity index is 442. The average Bonchev–Trinajstić information content (AvgIpc) is 2.16. The van der Waals surface area contributed by atoms with Gasteiger partial charge in [-0.25, -0.2) is 4.98 Å². The maximum Gasteiger partial charge on any atom is 0.573 e. The molecule has 1 aromatic rings. The molecule has 1 aromatic heterocycles. The Labute approximate surface area is 96.5 Å². The quantitative estimate of drug-likeness (QED) is 0.810. The number of hydrogen-bond donors (Lipinski definition) is 2. The first kappa shape index (κ1) is 14.4. The Hall–Kier alpha value is -1.71. The summed E-state index contributed by atoms with van der Waals surface area (Å²) in [5, 5.41) is 0. The van der Waals surface area contributed by atoms with Crippen LogP contribution >= 0.6 is 0 Å². The van der Waals surface area contributed by atoms with Crippen LogP contribution in [0.4, 0.5) is 32.2 Å². The molecule has 0 saturated heterocycles. The molecule has 102 valence electrons. The van der Waals surface area contributed by atoms with Gasteiger partial charge in [-0.2, -0.15) is 13.2 Å². The van der Waals surface area contributed by atoms with Gasteiger partial charge in [0, 0.05) is 12.1 Å². The Morgan fingerprint density at radius 2 is 1.72 bits per heavy atom. The first-order valence-corrected chi connectivity index (χ1v) is 4.37. The Balaban J connectivity index is 3.43. The Kier molecular flexibility index (Phi) is 3.60. The highest BCUT2D eigenvalue weighted by molar-refractivity contribution is 5.47. The molecule has 0 aliphatic rings. The van der Waals surface area contributed by atoms with E-state index in [9.17, 15) is 26.3 Å². The number of nitrogens with two attached hydrogens (primary N) is 2. The summed E-state index contributed by atoms with van der Waals surface area (Å²) in [5.41, 5.74) is 7.72. The van der Waals surface area contributed by atoms with Crippen molar-refractivity contribution < 1.29 is 31.1 Å². The van der Waals surface area contributed by atoms with E-state index in [4.69, 9.17) is 11.5 Å². The minimum absolute atomic E-state index is 0.535. The third kappa shape index (κ3) is 3.39. The molecule has 0 aromatic carbocycles. The molecule has 1 heterocycles. The van der Waals surface area contributed by atoms with E-state index in [-0.39, 0.29) is 0 Å². The van der Waals surface area contributed by atoms with Crippen LogP contribution in [0.1, 0.15) is 11.3 Å². The average molecular weight is 275 g/mol. The molecule has 0 unspecified atom stereocenters. The zero-order chi connectivity index (χ0) is 14.1. The lowest BCUT2D eigenvalue weighted by Crippen LogP contribution is -2.23. The molecular weight excluding hydrogens is 268 g/mol. The van der Waals surface area contributed by atoms with Crippen molar-refractivity contribution in [3.63, 3.8) is 0 Å². The van der Waals surface area contributed by atoms with Crippen molar-refractivity contribution in [1.29, 1.82) is 0 Å². The standard InChI is InChI=1S/C8H7F6N3O/c9-7(10,11)6-5(18-8(12,13)14)3(2-15)1-4(16)17-6/h1H,2,15H2,(H2,16,17). The van der Waals surface area contributed by atoms with Gasteiger partial charge in [-0.1, -0.05) is 0 Å². The first-order chi connectivity index (χ1) is 8.04. The lowest BCUT2D eigenvalue weighted by Gasteiger charge is -2.17. The van der Waals surface area contributed by atoms with Crippen LogP contribution in [-0.4, -0.2) is 11.3 Å². The fourth-order valence-electron chi connectivity index (χ4n) is 1.18. The van der Waals surface area contributed by atoms with Gasteiger partial charge in [-0.05, 0) is 6.07 Å². The summed E-state index contributed by atoms with van der Waals surface area (Å²) < 4.78 is 77.0. The molecule has 0 bridgehead atoms. The lowest BCUT2D eigenvalue weighted by atomic mass is 10.2. The van der Waals surface area contributed by atoms with E-state index in [1.54, 1.807) is 0 Å². The summed E-state index contributed by atoms with van der Waals surface area (Å²) in [4.78, 5) is 2.81. The highest BCUT2D eigenvalue weighted by Crippen LogP contribution is 2.39. The van der Waals surface area contributed by atoms with Crippen LogP contribution in [0.25, 0.3) is 0 Å². The second-order valence-corrected chi connectivity index (χ2v) is 3.13. The molecule has 0 amide bonds. The molecule has 1 rings (SSSR count). The number of ether oxygens (including phenoxy) is 1. The minimum Gasteiger partial charge on any atom is -0.403 e. The van der Waals surface area contributed by atoms with E-state index < -0.39 is 41.9 Å². The monoisotopic (exact) mass is 275 g/mol. The zero-order valence-corrected chi connectivity index (χ0v) is 8.56. The summed E-state index contributed by atoms with van der Waals surface area (Å²) in [6.45, 7) is -0.610. The molecule has 4 nitrogen and oxygen atoms in total. The van der Waals surface area contributed by atoms with Crippen LogP contribution in [-0.2, 0) is 12.7 Å². The van der Waals surface area contributed by atoms with Crippen LogP contribution in [0.15, 0.2) is 6.07 Å². The summed E-state index contributed by atoms with van der Waals surface area (Å²) in [5.74, 6) is -2.08. The molecule has 0 atom stereocenters. The number of nitrogen functional groups attached to an aromatic ring is 1. The number of hydrogen-bond acceptors (Lipinski definition) is 4. The van der Waals surface area contributed by atoms with Gasteiger partial charge >= 0.3 is 12.5 Å². The highest BCUT2D eigenvalue weighted by atomic mass is 19.4. The smallest absolute Gasteiger partial charge is 0.403 e. The lowest BCUT2D eigenvalue weighted by molar-refractivity contribution is -0.276. The van der Waals surface area contributed by atoms with Crippen molar-refractivity contribution in [3.8, 4) is 5.75 Å². The second kappa shape index (κ2) is 4.52. The zero-order valence-electron chi connectivity index (χ0n) is 8.56. The van der Waals surface area contributed by atoms with Crippen molar-refractivity contribution in [3.05, 3.63) is 17.3 Å². The van der Waals surface area contributed by atoms with Gasteiger partial charge in [0.05, 0.1) is 0 Å². The largest absolute Gasteiger partial charge is 0.573 e. The van der Waals surface area contributed by atoms with Crippen LogP contribution in [0.2, 0.25) is 0 Å². The van der Waals surface area contributed by atoms with Crippen molar-refractivity contribution in [2.75, 3.05) is 5.73 Å². The number of halogens is 6. The number of rotatable bonds is 2. The molecule has 18 heavy (non-hydrogen) atoms. The Morgan fingerprint density at radius 1 is 1.17 bits per heavy atom. The van der Waals surface area contributed by atoms with Gasteiger partial charge < -0.3 is 16.2 Å². The SMILES string of the molecule is NCc1cc(N)nc(C(F)(F)F)c1OC(F)(F)F. The van der Waals surface area contributed by atoms with Crippen molar-refractivity contribution in [2.45, 2.75) is 19.1 Å². The third-order valence-corrected chi connectivity index (χ3v) is 1.78. The van der Waals surface area contributed by atoms with E-state index in [1.807, 2.05) is 0 Å². The minimum atomic E-state index is -5.29. The molecule has 0 aliphatic carbocycles. The van der Waals surface area contributed by atoms with Gasteiger partial charge in [0.15, 0.2) is 11.4 Å².